The molecule has 0 aliphatic rings. The van der Waals surface area contributed by atoms with Crippen molar-refractivity contribution in [2.45, 2.75) is 99.9 Å². The molecule has 0 aromatic heterocycles. The molecule has 27 heavy (non-hydrogen) atoms. The molecule has 0 saturated heterocycles. The molecule has 2 unspecified atom stereocenters. The minimum Gasteiger partial charge on any atom is -0.394 e. The van der Waals surface area contributed by atoms with E-state index in [4.69, 9.17) is 34.8 Å². The minimum atomic E-state index is -2.12. The van der Waals surface area contributed by atoms with E-state index >= 15 is 0 Å². The van der Waals surface area contributed by atoms with E-state index in [1.807, 2.05) is 6.08 Å². The lowest BCUT2D eigenvalue weighted by Crippen LogP contribution is -2.49. The van der Waals surface area contributed by atoms with Crippen LogP contribution in [0.1, 0.15) is 84.0 Å². The van der Waals surface area contributed by atoms with Crippen molar-refractivity contribution >= 4 is 40.7 Å². The lowest BCUT2D eigenvalue weighted by Gasteiger charge is -2.22. The lowest BCUT2D eigenvalue weighted by atomic mass is 10.0. The molecule has 0 fully saturated rings. The van der Waals surface area contributed by atoms with Gasteiger partial charge >= 0.3 is 0 Å². The number of halogens is 3. The van der Waals surface area contributed by atoms with Crippen molar-refractivity contribution in [3.05, 3.63) is 12.2 Å². The quantitative estimate of drug-likeness (QED) is 0.168. The first-order valence-corrected chi connectivity index (χ1v) is 11.3. The van der Waals surface area contributed by atoms with Gasteiger partial charge in [0.05, 0.1) is 18.8 Å². The Bertz CT molecular complexity index is 400. The monoisotopic (exact) mass is 443 g/mol. The molecule has 7 heteroatoms. The number of rotatable bonds is 16. The maximum absolute atomic E-state index is 11.6. The second-order valence-electron chi connectivity index (χ2n) is 7.00. The van der Waals surface area contributed by atoms with Crippen molar-refractivity contribution in [2.24, 2.45) is 0 Å². The first-order valence-electron chi connectivity index (χ1n) is 10.2. The third-order valence-corrected chi connectivity index (χ3v) is 5.01. The van der Waals surface area contributed by atoms with E-state index in [2.05, 4.69) is 12.2 Å². The second kappa shape index (κ2) is 16.9. The number of aliphatic hydroxyl groups is 2. The molecule has 0 rings (SSSR count). The van der Waals surface area contributed by atoms with Crippen molar-refractivity contribution in [3.63, 3.8) is 0 Å². The first kappa shape index (κ1) is 27.0. The SMILES string of the molecule is CCCCCCCCCCCCCC=CC(O)C(CO)NC(=O)C(Cl)(Cl)Cl. The molecular weight excluding hydrogens is 409 g/mol. The number of nitrogens with one attached hydrogen (secondary N) is 1. The Kier molecular flexibility index (Phi) is 16.9. The zero-order valence-corrected chi connectivity index (χ0v) is 18.7. The van der Waals surface area contributed by atoms with Crippen LogP contribution in [-0.4, -0.2) is 38.7 Å². The number of carbonyl (C=O) groups excluding carboxylic acids is 1. The molecule has 0 aliphatic heterocycles. The highest BCUT2D eigenvalue weighted by molar-refractivity contribution is 6.76. The molecule has 0 aromatic rings. The summed E-state index contributed by atoms with van der Waals surface area (Å²) >= 11 is 16.4. The van der Waals surface area contributed by atoms with Gasteiger partial charge in [0.15, 0.2) is 0 Å². The second-order valence-corrected chi connectivity index (χ2v) is 9.28. The number of alkyl halides is 3. The van der Waals surface area contributed by atoms with Gasteiger partial charge in [-0.2, -0.15) is 0 Å². The van der Waals surface area contributed by atoms with Crippen LogP contribution in [0.15, 0.2) is 12.2 Å². The lowest BCUT2D eigenvalue weighted by molar-refractivity contribution is -0.122. The summed E-state index contributed by atoms with van der Waals surface area (Å²) in [6, 6.07) is -0.901. The average molecular weight is 445 g/mol. The molecule has 4 nitrogen and oxygen atoms in total. The Morgan fingerprint density at radius 1 is 0.963 bits per heavy atom. The molecule has 0 bridgehead atoms. The molecule has 0 saturated carbocycles. The van der Waals surface area contributed by atoms with Gasteiger partial charge < -0.3 is 15.5 Å². The van der Waals surface area contributed by atoms with Gasteiger partial charge in [-0.1, -0.05) is 118 Å². The fraction of sp³-hybridized carbons (Fsp3) is 0.850. The Balaban J connectivity index is 3.72. The maximum Gasteiger partial charge on any atom is 0.272 e. The van der Waals surface area contributed by atoms with Crippen LogP contribution in [-0.2, 0) is 4.79 Å². The van der Waals surface area contributed by atoms with E-state index in [1.165, 1.54) is 64.2 Å². The summed E-state index contributed by atoms with van der Waals surface area (Å²) in [7, 11) is 0. The van der Waals surface area contributed by atoms with Crippen LogP contribution in [0.25, 0.3) is 0 Å². The predicted octanol–water partition coefficient (Wildman–Crippen LogP) is 5.45. The molecule has 0 spiro atoms. The summed E-state index contributed by atoms with van der Waals surface area (Å²) in [4.78, 5) is 11.6. The summed E-state index contributed by atoms with van der Waals surface area (Å²) in [5, 5.41) is 21.6. The molecule has 3 N–H and O–H groups in total. The maximum atomic E-state index is 11.6. The Labute approximate surface area is 179 Å². The van der Waals surface area contributed by atoms with Gasteiger partial charge in [0.25, 0.3) is 9.70 Å². The summed E-state index contributed by atoms with van der Waals surface area (Å²) < 4.78 is -2.12. The smallest absolute Gasteiger partial charge is 0.272 e. The number of carbonyl (C=O) groups is 1. The highest BCUT2D eigenvalue weighted by Crippen LogP contribution is 2.26. The molecule has 0 aliphatic carbocycles. The molecular formula is C20H36Cl3NO3. The minimum absolute atomic E-state index is 0.448. The van der Waals surface area contributed by atoms with Crippen LogP contribution in [0, 0.1) is 0 Å². The van der Waals surface area contributed by atoms with Crippen LogP contribution in [0.4, 0.5) is 0 Å². The summed E-state index contributed by atoms with van der Waals surface area (Å²) in [6.07, 6.45) is 17.4. The Morgan fingerprint density at radius 3 is 1.89 bits per heavy atom. The van der Waals surface area contributed by atoms with E-state index < -0.39 is 28.5 Å². The van der Waals surface area contributed by atoms with Gasteiger partial charge in [-0.05, 0) is 12.8 Å². The Hall–Kier alpha value is -0.000000000000000111. The third kappa shape index (κ3) is 15.6. The van der Waals surface area contributed by atoms with Gasteiger partial charge in [-0.3, -0.25) is 4.79 Å². The fourth-order valence-corrected chi connectivity index (χ4v) is 2.95. The number of aliphatic hydroxyl groups excluding tert-OH is 2. The molecule has 0 radical (unpaired) electrons. The van der Waals surface area contributed by atoms with Crippen molar-refractivity contribution in [2.75, 3.05) is 6.61 Å². The topological polar surface area (TPSA) is 69.6 Å². The van der Waals surface area contributed by atoms with Gasteiger partial charge in [-0.15, -0.1) is 0 Å². The first-order chi connectivity index (χ1) is 12.8. The van der Waals surface area contributed by atoms with Gasteiger partial charge in [-0.25, -0.2) is 0 Å². The average Bonchev–Trinajstić information content (AvgIpc) is 2.62. The van der Waals surface area contributed by atoms with E-state index in [9.17, 15) is 15.0 Å². The van der Waals surface area contributed by atoms with E-state index in [1.54, 1.807) is 6.08 Å². The van der Waals surface area contributed by atoms with E-state index in [0.29, 0.717) is 0 Å². The highest BCUT2D eigenvalue weighted by Gasteiger charge is 2.33. The fourth-order valence-electron chi connectivity index (χ4n) is 2.79. The standard InChI is InChI=1S/C20H36Cl3NO3/c1-2-3-4-5-6-7-8-9-10-11-12-13-14-15-18(26)17(16-25)24-19(27)20(21,22)23/h14-15,17-18,25-26H,2-13,16H2,1H3,(H,24,27). The van der Waals surface area contributed by atoms with Crippen molar-refractivity contribution in [3.8, 4) is 0 Å². The van der Waals surface area contributed by atoms with Gasteiger partial charge in [0.1, 0.15) is 0 Å². The number of unbranched alkanes of at least 4 members (excludes halogenated alkanes) is 11. The van der Waals surface area contributed by atoms with Crippen molar-refractivity contribution in [1.29, 1.82) is 0 Å². The van der Waals surface area contributed by atoms with Crippen LogP contribution in [0.3, 0.4) is 0 Å². The van der Waals surface area contributed by atoms with E-state index in [0.717, 1.165) is 12.8 Å². The summed E-state index contributed by atoms with van der Waals surface area (Å²) in [6.45, 7) is 1.79. The highest BCUT2D eigenvalue weighted by atomic mass is 35.6. The van der Waals surface area contributed by atoms with Crippen molar-refractivity contribution in [1.82, 2.24) is 5.32 Å². The molecule has 0 heterocycles. The van der Waals surface area contributed by atoms with Crippen LogP contribution in [0.5, 0.6) is 0 Å². The normalized spacial score (nSPS) is 14.4. The number of allylic oxidation sites excluding steroid dienone is 1. The zero-order chi connectivity index (χ0) is 20.5. The molecule has 2 atom stereocenters. The zero-order valence-electron chi connectivity index (χ0n) is 16.4. The van der Waals surface area contributed by atoms with Crippen molar-refractivity contribution < 1.29 is 15.0 Å². The predicted molar refractivity (Wildman–Crippen MR) is 116 cm³/mol. The van der Waals surface area contributed by atoms with Gasteiger partial charge in [0, 0.05) is 0 Å². The molecule has 1 amide bonds. The van der Waals surface area contributed by atoms with E-state index in [-0.39, 0.29) is 0 Å². The third-order valence-electron chi connectivity index (χ3n) is 4.49. The van der Waals surface area contributed by atoms with Gasteiger partial charge in [0.2, 0.25) is 0 Å². The molecule has 0 aromatic carbocycles. The molecule has 160 valence electrons. The van der Waals surface area contributed by atoms with Crippen LogP contribution < -0.4 is 5.32 Å². The van der Waals surface area contributed by atoms with Crippen LogP contribution in [0.2, 0.25) is 0 Å². The summed E-state index contributed by atoms with van der Waals surface area (Å²) in [5.41, 5.74) is 0. The number of hydrogen-bond donors (Lipinski definition) is 3. The Morgan fingerprint density at radius 2 is 1.44 bits per heavy atom. The number of hydrogen-bond acceptors (Lipinski definition) is 3. The van der Waals surface area contributed by atoms with Crippen LogP contribution >= 0.6 is 34.8 Å². The number of amides is 1. The largest absolute Gasteiger partial charge is 0.394 e. The summed E-state index contributed by atoms with van der Waals surface area (Å²) in [5.74, 6) is -0.871.